The second-order valence-electron chi connectivity index (χ2n) is 7.17. The van der Waals surface area contributed by atoms with E-state index in [-0.39, 0.29) is 39.9 Å². The third-order valence-corrected chi connectivity index (χ3v) is 7.26. The van der Waals surface area contributed by atoms with Crippen LogP contribution in [0.15, 0.2) is 60.7 Å². The molecule has 33 heavy (non-hydrogen) atoms. The second-order valence-corrected chi connectivity index (χ2v) is 10.0. The van der Waals surface area contributed by atoms with Crippen LogP contribution in [0.4, 0.5) is 21.5 Å². The van der Waals surface area contributed by atoms with Crippen LogP contribution in [0.5, 0.6) is 0 Å². The van der Waals surface area contributed by atoms with Gasteiger partial charge in [-0.3, -0.25) is 13.9 Å². The average molecular weight is 508 g/mol. The third-order valence-electron chi connectivity index (χ3n) is 4.93. The molecule has 0 aromatic heterocycles. The third kappa shape index (κ3) is 4.95. The van der Waals surface area contributed by atoms with E-state index in [4.69, 9.17) is 23.2 Å². The minimum absolute atomic E-state index is 0.00358. The molecule has 3 aromatic rings. The smallest absolute Gasteiger partial charge is 0.258 e. The van der Waals surface area contributed by atoms with Crippen LogP contribution in [0.1, 0.15) is 20.7 Å². The molecule has 7 nitrogen and oxygen atoms in total. The van der Waals surface area contributed by atoms with Crippen LogP contribution >= 0.6 is 23.2 Å². The minimum Gasteiger partial charge on any atom is -0.322 e. The lowest BCUT2D eigenvalue weighted by molar-refractivity contribution is 0.101. The lowest BCUT2D eigenvalue weighted by atomic mass is 10.1. The molecular formula is C22H16Cl2FN3O4S. The van der Waals surface area contributed by atoms with Gasteiger partial charge in [-0.2, -0.15) is 0 Å². The van der Waals surface area contributed by atoms with E-state index < -0.39 is 27.7 Å². The number of nitrogens with one attached hydrogen (secondary N) is 2. The van der Waals surface area contributed by atoms with E-state index in [1.807, 2.05) is 0 Å². The summed E-state index contributed by atoms with van der Waals surface area (Å²) in [7, 11) is -3.40. The Labute approximate surface area is 199 Å². The molecule has 0 aliphatic carbocycles. The predicted molar refractivity (Wildman–Crippen MR) is 126 cm³/mol. The van der Waals surface area contributed by atoms with Crippen molar-refractivity contribution in [1.82, 2.24) is 0 Å². The van der Waals surface area contributed by atoms with Crippen molar-refractivity contribution in [3.8, 4) is 0 Å². The first-order valence-electron chi connectivity index (χ1n) is 9.62. The summed E-state index contributed by atoms with van der Waals surface area (Å²) in [4.78, 5) is 25.1. The average Bonchev–Trinajstić information content (AvgIpc) is 2.75. The topological polar surface area (TPSA) is 95.6 Å². The molecule has 170 valence electrons. The minimum atomic E-state index is -3.40. The lowest BCUT2D eigenvalue weighted by Crippen LogP contribution is -2.47. The Morgan fingerprint density at radius 1 is 0.939 bits per heavy atom. The summed E-state index contributed by atoms with van der Waals surface area (Å²) in [5.74, 6) is -2.06. The van der Waals surface area contributed by atoms with Crippen molar-refractivity contribution in [2.24, 2.45) is 0 Å². The van der Waals surface area contributed by atoms with E-state index in [9.17, 15) is 22.4 Å². The van der Waals surface area contributed by atoms with Gasteiger partial charge >= 0.3 is 0 Å². The number of carbonyl (C=O) groups excluding carboxylic acids is 2. The molecule has 0 atom stereocenters. The number of benzene rings is 3. The highest BCUT2D eigenvalue weighted by atomic mass is 35.5. The Morgan fingerprint density at radius 3 is 2.36 bits per heavy atom. The molecule has 1 aliphatic heterocycles. The molecule has 1 heterocycles. The first-order chi connectivity index (χ1) is 15.6. The fraction of sp³-hybridized carbons (Fsp3) is 0.0909. The van der Waals surface area contributed by atoms with Gasteiger partial charge in [0.25, 0.3) is 11.8 Å². The van der Waals surface area contributed by atoms with Gasteiger partial charge in [-0.25, -0.2) is 12.8 Å². The summed E-state index contributed by atoms with van der Waals surface area (Å²) in [5, 5.41) is 5.81. The second kappa shape index (κ2) is 9.01. The molecule has 0 radical (unpaired) electrons. The standard InChI is InChI=1S/C22H16Cl2FN3O4S/c23-14-3-1-2-13(10-14)21(29)27-20-11-15(4-7-18(20)24)26-22(30)17-6-5-16(12-19(17)25)28-8-9-33(28,31)32/h1-7,10-12H,8-9H2,(H,26,30)(H,27,29). The molecule has 1 fully saturated rings. The number of hydrogen-bond acceptors (Lipinski definition) is 4. The van der Waals surface area contributed by atoms with Crippen LogP contribution in [-0.2, 0) is 10.0 Å². The number of hydrogen-bond donors (Lipinski definition) is 2. The number of anilines is 3. The molecule has 0 saturated carbocycles. The quantitative estimate of drug-likeness (QED) is 0.518. The van der Waals surface area contributed by atoms with E-state index in [0.717, 1.165) is 10.4 Å². The first-order valence-corrected chi connectivity index (χ1v) is 12.0. The summed E-state index contributed by atoms with van der Waals surface area (Å²) >= 11 is 12.1. The highest BCUT2D eigenvalue weighted by molar-refractivity contribution is 7.94. The normalized spacial score (nSPS) is 14.3. The Morgan fingerprint density at radius 2 is 1.73 bits per heavy atom. The molecule has 0 spiro atoms. The maximum atomic E-state index is 14.5. The zero-order valence-corrected chi connectivity index (χ0v) is 19.1. The first kappa shape index (κ1) is 23.0. The maximum Gasteiger partial charge on any atom is 0.258 e. The Hall–Kier alpha value is -3.14. The maximum absolute atomic E-state index is 14.5. The largest absolute Gasteiger partial charge is 0.322 e. The van der Waals surface area contributed by atoms with Gasteiger partial charge in [-0.05, 0) is 54.6 Å². The number of carbonyl (C=O) groups is 2. The van der Waals surface area contributed by atoms with Gasteiger partial charge in [-0.1, -0.05) is 29.3 Å². The van der Waals surface area contributed by atoms with Crippen LogP contribution in [0.2, 0.25) is 10.0 Å². The fourth-order valence-corrected chi connectivity index (χ4v) is 4.64. The lowest BCUT2D eigenvalue weighted by Gasteiger charge is -2.32. The number of amides is 2. The monoisotopic (exact) mass is 507 g/mol. The van der Waals surface area contributed by atoms with Crippen molar-refractivity contribution in [3.05, 3.63) is 87.7 Å². The van der Waals surface area contributed by atoms with Crippen molar-refractivity contribution < 1.29 is 22.4 Å². The highest BCUT2D eigenvalue weighted by Crippen LogP contribution is 2.29. The van der Waals surface area contributed by atoms with Gasteiger partial charge < -0.3 is 10.6 Å². The summed E-state index contributed by atoms with van der Waals surface area (Å²) in [6, 6.07) is 14.3. The van der Waals surface area contributed by atoms with E-state index in [2.05, 4.69) is 10.6 Å². The zero-order chi connectivity index (χ0) is 23.8. The van der Waals surface area contributed by atoms with E-state index in [1.165, 1.54) is 36.4 Å². The van der Waals surface area contributed by atoms with Crippen LogP contribution in [0.25, 0.3) is 0 Å². The molecule has 2 amide bonds. The van der Waals surface area contributed by atoms with Crippen LogP contribution in [-0.4, -0.2) is 32.5 Å². The summed E-state index contributed by atoms with van der Waals surface area (Å²) in [6.07, 6.45) is 0. The number of halogens is 3. The molecule has 11 heteroatoms. The van der Waals surface area contributed by atoms with Gasteiger partial charge in [0.1, 0.15) is 5.82 Å². The number of sulfonamides is 1. The van der Waals surface area contributed by atoms with Crippen LogP contribution < -0.4 is 14.9 Å². The predicted octanol–water partition coefficient (Wildman–Crippen LogP) is 4.79. The van der Waals surface area contributed by atoms with Gasteiger partial charge in [0.15, 0.2) is 0 Å². The van der Waals surface area contributed by atoms with Crippen molar-refractivity contribution in [3.63, 3.8) is 0 Å². The van der Waals surface area contributed by atoms with Gasteiger partial charge in [0.2, 0.25) is 10.0 Å². The van der Waals surface area contributed by atoms with Crippen molar-refractivity contribution in [2.45, 2.75) is 0 Å². The van der Waals surface area contributed by atoms with Crippen molar-refractivity contribution in [1.29, 1.82) is 0 Å². The Balaban J connectivity index is 1.50. The number of rotatable bonds is 5. The Bertz CT molecular complexity index is 1380. The van der Waals surface area contributed by atoms with Crippen molar-refractivity contribution >= 4 is 62.1 Å². The summed E-state index contributed by atoms with van der Waals surface area (Å²) in [6.45, 7) is 0.266. The highest BCUT2D eigenvalue weighted by Gasteiger charge is 2.33. The van der Waals surface area contributed by atoms with E-state index in [0.29, 0.717) is 10.6 Å². The number of nitrogens with zero attached hydrogens (tertiary/aromatic N) is 1. The molecular weight excluding hydrogens is 492 g/mol. The molecule has 4 rings (SSSR count). The van der Waals surface area contributed by atoms with Crippen LogP contribution in [0.3, 0.4) is 0 Å². The van der Waals surface area contributed by atoms with Gasteiger partial charge in [0.05, 0.1) is 27.7 Å². The van der Waals surface area contributed by atoms with E-state index >= 15 is 0 Å². The molecule has 0 unspecified atom stereocenters. The van der Waals surface area contributed by atoms with Crippen LogP contribution in [0, 0.1) is 5.82 Å². The summed E-state index contributed by atoms with van der Waals surface area (Å²) < 4.78 is 39.0. The molecule has 3 aromatic carbocycles. The Kier molecular flexibility index (Phi) is 6.29. The van der Waals surface area contributed by atoms with Gasteiger partial charge in [-0.15, -0.1) is 0 Å². The summed E-state index contributed by atoms with van der Waals surface area (Å²) in [5.41, 5.74) is 0.709. The zero-order valence-electron chi connectivity index (χ0n) is 16.8. The SMILES string of the molecule is O=C(Nc1cc(NC(=O)c2ccc(N3CCS3(=O)=O)cc2F)ccc1Cl)c1cccc(Cl)c1. The van der Waals surface area contributed by atoms with Crippen molar-refractivity contribution in [2.75, 3.05) is 27.2 Å². The molecule has 1 saturated heterocycles. The molecule has 1 aliphatic rings. The molecule has 0 bridgehead atoms. The molecule has 2 N–H and O–H groups in total. The van der Waals surface area contributed by atoms with Gasteiger partial charge in [0, 0.05) is 22.8 Å². The fourth-order valence-electron chi connectivity index (χ4n) is 3.19. The van der Waals surface area contributed by atoms with E-state index in [1.54, 1.807) is 18.2 Å².